The van der Waals surface area contributed by atoms with Gasteiger partial charge in [0.05, 0.1) is 0 Å². The zero-order chi connectivity index (χ0) is 15.0. The third kappa shape index (κ3) is 2.49. The van der Waals surface area contributed by atoms with Crippen LogP contribution in [0.5, 0.6) is 0 Å². The van der Waals surface area contributed by atoms with Gasteiger partial charge in [-0.25, -0.2) is 9.97 Å². The highest BCUT2D eigenvalue weighted by Crippen LogP contribution is 2.42. The summed E-state index contributed by atoms with van der Waals surface area (Å²) < 4.78 is 43.9. The van der Waals surface area contributed by atoms with Crippen molar-refractivity contribution in [1.29, 1.82) is 0 Å². The number of rotatable bonds is 2. The fourth-order valence-corrected chi connectivity index (χ4v) is 2.49. The highest BCUT2D eigenvalue weighted by molar-refractivity contribution is 6.35. The van der Waals surface area contributed by atoms with Crippen molar-refractivity contribution in [2.24, 2.45) is 0 Å². The monoisotopic (exact) mass is 310 g/mol. The van der Waals surface area contributed by atoms with Crippen molar-refractivity contribution in [2.75, 3.05) is 30.8 Å². The maximum Gasteiger partial charge on any atom is 0.417 e. The van der Waals surface area contributed by atoms with Gasteiger partial charge in [0.2, 0.25) is 0 Å². The Labute approximate surface area is 118 Å². The van der Waals surface area contributed by atoms with Crippen LogP contribution in [0.25, 0.3) is 0 Å². The number of nitrogens with two attached hydrogens (primary N) is 1. The van der Waals surface area contributed by atoms with E-state index in [0.717, 1.165) is 7.11 Å². The van der Waals surface area contributed by atoms with Crippen LogP contribution in [0, 0.1) is 0 Å². The third-order valence-electron chi connectivity index (χ3n) is 3.58. The number of methoxy groups -OCH3 is 1. The lowest BCUT2D eigenvalue weighted by molar-refractivity contribution is -0.276. The molecule has 0 bridgehead atoms. The van der Waals surface area contributed by atoms with E-state index in [1.807, 2.05) is 0 Å². The van der Waals surface area contributed by atoms with Crippen LogP contribution < -0.4 is 10.6 Å². The van der Waals surface area contributed by atoms with Crippen LogP contribution in [0.3, 0.4) is 0 Å². The highest BCUT2D eigenvalue weighted by Gasteiger charge is 2.56. The lowest BCUT2D eigenvalue weighted by Gasteiger charge is -2.42. The van der Waals surface area contributed by atoms with Gasteiger partial charge in [0, 0.05) is 33.0 Å². The van der Waals surface area contributed by atoms with Crippen LogP contribution in [0.4, 0.5) is 24.8 Å². The van der Waals surface area contributed by atoms with Crippen molar-refractivity contribution in [3.63, 3.8) is 0 Å². The maximum absolute atomic E-state index is 13.1. The molecule has 1 fully saturated rings. The van der Waals surface area contributed by atoms with Gasteiger partial charge < -0.3 is 15.4 Å². The normalized spacial score (nSPS) is 19.1. The van der Waals surface area contributed by atoms with Crippen LogP contribution in [0.15, 0.2) is 6.33 Å². The number of halogens is 4. The largest absolute Gasteiger partial charge is 0.417 e. The van der Waals surface area contributed by atoms with Gasteiger partial charge in [-0.05, 0) is 0 Å². The molecule has 2 rings (SSSR count). The Morgan fingerprint density at radius 3 is 2.45 bits per heavy atom. The Morgan fingerprint density at radius 1 is 1.35 bits per heavy atom. The second kappa shape index (κ2) is 5.25. The Hall–Kier alpha value is -1.28. The van der Waals surface area contributed by atoms with E-state index in [9.17, 15) is 13.2 Å². The average Bonchev–Trinajstić information content (AvgIpc) is 2.41. The van der Waals surface area contributed by atoms with Crippen molar-refractivity contribution in [3.05, 3.63) is 11.3 Å². The standard InChI is InChI=1S/C11H14ClF3N4O/c1-20-10(11(13,14)15)2-4-19(5-3-10)9-7(12)8(16)17-6-18-9/h6H,2-5H2,1H3,(H2,16,17,18). The molecule has 1 aliphatic heterocycles. The first-order valence-corrected chi connectivity index (χ1v) is 6.31. The first-order chi connectivity index (χ1) is 9.31. The minimum atomic E-state index is -4.40. The fourth-order valence-electron chi connectivity index (χ4n) is 2.28. The third-order valence-corrected chi connectivity index (χ3v) is 3.94. The first-order valence-electron chi connectivity index (χ1n) is 5.93. The number of aromatic nitrogens is 2. The summed E-state index contributed by atoms with van der Waals surface area (Å²) in [5.74, 6) is 0.460. The number of hydrogen-bond acceptors (Lipinski definition) is 5. The molecule has 1 saturated heterocycles. The van der Waals surface area contributed by atoms with Crippen LogP contribution in [0.1, 0.15) is 12.8 Å². The SMILES string of the molecule is COC1(C(F)(F)F)CCN(c2ncnc(N)c2Cl)CC1. The van der Waals surface area contributed by atoms with Gasteiger partial charge in [-0.2, -0.15) is 13.2 Å². The molecule has 0 aliphatic carbocycles. The van der Waals surface area contributed by atoms with Crippen molar-refractivity contribution in [2.45, 2.75) is 24.6 Å². The van der Waals surface area contributed by atoms with Crippen molar-refractivity contribution in [1.82, 2.24) is 9.97 Å². The number of hydrogen-bond donors (Lipinski definition) is 1. The molecule has 1 aromatic rings. The van der Waals surface area contributed by atoms with Crippen molar-refractivity contribution < 1.29 is 17.9 Å². The topological polar surface area (TPSA) is 64.3 Å². The Bertz CT molecular complexity index is 489. The summed E-state index contributed by atoms with van der Waals surface area (Å²) >= 11 is 5.98. The highest BCUT2D eigenvalue weighted by atomic mass is 35.5. The number of nitrogens with zero attached hydrogens (tertiary/aromatic N) is 3. The molecule has 1 aromatic heterocycles. The average molecular weight is 311 g/mol. The van der Waals surface area contributed by atoms with Gasteiger partial charge in [-0.1, -0.05) is 11.6 Å². The van der Waals surface area contributed by atoms with Crippen LogP contribution >= 0.6 is 11.6 Å². The van der Waals surface area contributed by atoms with E-state index in [4.69, 9.17) is 22.1 Å². The summed E-state index contributed by atoms with van der Waals surface area (Å²) in [6.07, 6.45) is -3.54. The number of nitrogen functional groups attached to an aromatic ring is 1. The second-order valence-electron chi connectivity index (χ2n) is 4.58. The molecule has 1 aliphatic rings. The molecule has 0 radical (unpaired) electrons. The zero-order valence-electron chi connectivity index (χ0n) is 10.7. The molecule has 112 valence electrons. The van der Waals surface area contributed by atoms with Gasteiger partial charge in [-0.3, -0.25) is 0 Å². The molecule has 0 saturated carbocycles. The number of piperidine rings is 1. The van der Waals surface area contributed by atoms with E-state index < -0.39 is 11.8 Å². The van der Waals surface area contributed by atoms with E-state index in [-0.39, 0.29) is 36.8 Å². The Kier molecular flexibility index (Phi) is 3.97. The summed E-state index contributed by atoms with van der Waals surface area (Å²) in [6, 6.07) is 0. The minimum absolute atomic E-state index is 0.107. The molecule has 2 N–H and O–H groups in total. The zero-order valence-corrected chi connectivity index (χ0v) is 11.5. The van der Waals surface area contributed by atoms with Gasteiger partial charge in [-0.15, -0.1) is 0 Å². The molecule has 0 aromatic carbocycles. The Morgan fingerprint density at radius 2 is 1.95 bits per heavy atom. The summed E-state index contributed by atoms with van der Waals surface area (Å²) in [5, 5.41) is 0.157. The number of ether oxygens (including phenoxy) is 1. The predicted octanol–water partition coefficient (Wildman–Crippen LogP) is 2.26. The van der Waals surface area contributed by atoms with Crippen molar-refractivity contribution >= 4 is 23.2 Å². The first kappa shape index (κ1) is 15.1. The van der Waals surface area contributed by atoms with Crippen LogP contribution in [0.2, 0.25) is 5.02 Å². The Balaban J connectivity index is 2.17. The fraction of sp³-hybridized carbons (Fsp3) is 0.636. The van der Waals surface area contributed by atoms with Gasteiger partial charge in [0.1, 0.15) is 17.2 Å². The molecule has 0 unspecified atom stereocenters. The maximum atomic E-state index is 13.1. The van der Waals surface area contributed by atoms with Gasteiger partial charge in [0.15, 0.2) is 11.4 Å². The smallest absolute Gasteiger partial charge is 0.382 e. The van der Waals surface area contributed by atoms with Crippen LogP contribution in [-0.4, -0.2) is 41.9 Å². The van der Waals surface area contributed by atoms with Gasteiger partial charge >= 0.3 is 6.18 Å². The van der Waals surface area contributed by atoms with Gasteiger partial charge in [0.25, 0.3) is 0 Å². The van der Waals surface area contributed by atoms with Crippen LogP contribution in [-0.2, 0) is 4.74 Å². The molecule has 0 amide bonds. The summed E-state index contributed by atoms with van der Waals surface area (Å²) in [5.41, 5.74) is 3.46. The predicted molar refractivity (Wildman–Crippen MR) is 68.7 cm³/mol. The van der Waals surface area contributed by atoms with E-state index in [2.05, 4.69) is 9.97 Å². The summed E-state index contributed by atoms with van der Waals surface area (Å²) in [4.78, 5) is 9.36. The number of alkyl halides is 3. The quantitative estimate of drug-likeness (QED) is 0.907. The lowest BCUT2D eigenvalue weighted by Crippen LogP contribution is -2.54. The van der Waals surface area contributed by atoms with E-state index in [1.165, 1.54) is 6.33 Å². The lowest BCUT2D eigenvalue weighted by atomic mass is 9.90. The number of anilines is 2. The second-order valence-corrected chi connectivity index (χ2v) is 4.96. The molecule has 9 heteroatoms. The summed E-state index contributed by atoms with van der Waals surface area (Å²) in [7, 11) is 1.08. The van der Waals surface area contributed by atoms with E-state index in [0.29, 0.717) is 5.82 Å². The molecular weight excluding hydrogens is 297 g/mol. The van der Waals surface area contributed by atoms with Crippen molar-refractivity contribution in [3.8, 4) is 0 Å². The molecule has 0 spiro atoms. The molecular formula is C11H14ClF3N4O. The van der Waals surface area contributed by atoms with E-state index in [1.54, 1.807) is 4.90 Å². The molecule has 20 heavy (non-hydrogen) atoms. The molecule has 2 heterocycles. The molecule has 0 atom stereocenters. The minimum Gasteiger partial charge on any atom is -0.382 e. The molecule has 5 nitrogen and oxygen atoms in total. The summed E-state index contributed by atoms with van der Waals surface area (Å²) in [6.45, 7) is 0.257. The van der Waals surface area contributed by atoms with E-state index >= 15 is 0 Å².